The number of hydrogen-bond acceptors (Lipinski definition) is 8. The van der Waals surface area contributed by atoms with Crippen LogP contribution in [-0.4, -0.2) is 72.0 Å². The highest BCUT2D eigenvalue weighted by molar-refractivity contribution is 5.78. The minimum atomic E-state index is 0.0551. The molecular formula is C16H26N12. The van der Waals surface area contributed by atoms with Crippen molar-refractivity contribution in [3.8, 4) is 12.4 Å². The van der Waals surface area contributed by atoms with E-state index >= 15 is 0 Å². The Morgan fingerprint density at radius 1 is 0.929 bits per heavy atom. The lowest BCUT2D eigenvalue weighted by atomic mass is 10.3. The van der Waals surface area contributed by atoms with E-state index < -0.39 is 0 Å². The van der Waals surface area contributed by atoms with Crippen molar-refractivity contribution in [3.05, 3.63) is 23.8 Å². The molecule has 6 N–H and O–H groups in total. The first-order valence-electron chi connectivity index (χ1n) is 8.64. The van der Waals surface area contributed by atoms with Crippen LogP contribution in [0.4, 0.5) is 0 Å². The van der Waals surface area contributed by atoms with Gasteiger partial charge in [0.15, 0.2) is 12.4 Å². The Morgan fingerprint density at radius 3 is 1.71 bits per heavy atom. The van der Waals surface area contributed by atoms with Gasteiger partial charge in [-0.1, -0.05) is 0 Å². The number of nitriles is 2. The van der Waals surface area contributed by atoms with E-state index in [1.165, 1.54) is 16.1 Å². The van der Waals surface area contributed by atoms with Crippen molar-refractivity contribution in [2.24, 2.45) is 0 Å². The van der Waals surface area contributed by atoms with Crippen LogP contribution < -0.4 is 21.3 Å². The summed E-state index contributed by atoms with van der Waals surface area (Å²) in [6.45, 7) is 2.85. The van der Waals surface area contributed by atoms with Gasteiger partial charge in [-0.05, 0) is 6.07 Å². The summed E-state index contributed by atoms with van der Waals surface area (Å²) in [5, 5.41) is 44.7. The van der Waals surface area contributed by atoms with Crippen molar-refractivity contribution in [1.82, 2.24) is 41.0 Å². The molecule has 12 nitrogen and oxygen atoms in total. The third kappa shape index (κ3) is 7.82. The predicted molar refractivity (Wildman–Crippen MR) is 104 cm³/mol. The summed E-state index contributed by atoms with van der Waals surface area (Å²) < 4.78 is 0. The Bertz CT molecular complexity index is 662. The van der Waals surface area contributed by atoms with E-state index in [-0.39, 0.29) is 11.9 Å². The van der Waals surface area contributed by atoms with Gasteiger partial charge < -0.3 is 21.3 Å². The van der Waals surface area contributed by atoms with Gasteiger partial charge >= 0.3 is 0 Å². The maximum atomic E-state index is 8.98. The van der Waals surface area contributed by atoms with Crippen LogP contribution >= 0.6 is 0 Å². The minimum Gasteiger partial charge on any atom is -0.359 e. The predicted octanol–water partition coefficient (Wildman–Crippen LogP) is -1.47. The topological polar surface area (TPSA) is 176 Å². The van der Waals surface area contributed by atoms with Crippen molar-refractivity contribution in [3.63, 3.8) is 0 Å². The molecule has 1 aromatic rings. The Morgan fingerprint density at radius 2 is 1.36 bits per heavy atom. The van der Waals surface area contributed by atoms with Gasteiger partial charge in [0.2, 0.25) is 11.9 Å². The van der Waals surface area contributed by atoms with Crippen molar-refractivity contribution in [2.75, 3.05) is 40.3 Å². The highest BCUT2D eigenvalue weighted by Crippen LogP contribution is 1.98. The van der Waals surface area contributed by atoms with Crippen LogP contribution in [0, 0.1) is 33.7 Å². The molecule has 0 bridgehead atoms. The van der Waals surface area contributed by atoms with E-state index in [4.69, 9.17) is 21.3 Å². The van der Waals surface area contributed by atoms with Gasteiger partial charge in [-0.2, -0.15) is 10.5 Å². The van der Waals surface area contributed by atoms with Gasteiger partial charge in [0.05, 0.1) is 11.4 Å². The van der Waals surface area contributed by atoms with Gasteiger partial charge in [-0.3, -0.25) is 10.8 Å². The molecule has 12 heteroatoms. The average molecular weight is 386 g/mol. The van der Waals surface area contributed by atoms with E-state index in [1.54, 1.807) is 14.1 Å². The summed E-state index contributed by atoms with van der Waals surface area (Å²) in [4.78, 5) is 10.9. The SMILES string of the molecule is CNC(=N)N(C#N)CCNCc1cc(CNCCN(C#N)C(=N)NC)ncn1. The third-order valence-corrected chi connectivity index (χ3v) is 3.67. The Labute approximate surface area is 164 Å². The van der Waals surface area contributed by atoms with Gasteiger partial charge in [-0.25, -0.2) is 19.8 Å². The van der Waals surface area contributed by atoms with Gasteiger partial charge in [0, 0.05) is 53.4 Å². The molecule has 28 heavy (non-hydrogen) atoms. The lowest BCUT2D eigenvalue weighted by molar-refractivity contribution is 0.512. The lowest BCUT2D eigenvalue weighted by Gasteiger charge is -2.16. The molecule has 0 saturated heterocycles. The van der Waals surface area contributed by atoms with Crippen LogP contribution in [0.2, 0.25) is 0 Å². The van der Waals surface area contributed by atoms with Crippen LogP contribution in [0.1, 0.15) is 11.4 Å². The fourth-order valence-electron chi connectivity index (χ4n) is 2.15. The minimum absolute atomic E-state index is 0.0551. The lowest BCUT2D eigenvalue weighted by Crippen LogP contribution is -2.39. The maximum absolute atomic E-state index is 8.98. The monoisotopic (exact) mass is 386 g/mol. The molecule has 150 valence electrons. The normalized spacial score (nSPS) is 9.71. The number of rotatable bonds is 10. The van der Waals surface area contributed by atoms with Gasteiger partial charge in [0.1, 0.15) is 6.33 Å². The third-order valence-electron chi connectivity index (χ3n) is 3.67. The summed E-state index contributed by atoms with van der Waals surface area (Å²) in [6, 6.07) is 1.87. The second kappa shape index (κ2) is 12.8. The van der Waals surface area contributed by atoms with Gasteiger partial charge in [-0.15, -0.1) is 0 Å². The van der Waals surface area contributed by atoms with Crippen LogP contribution in [0.3, 0.4) is 0 Å². The van der Waals surface area contributed by atoms with E-state index in [1.807, 2.05) is 18.5 Å². The highest BCUT2D eigenvalue weighted by Gasteiger charge is 2.07. The zero-order valence-electron chi connectivity index (χ0n) is 16.1. The zero-order valence-corrected chi connectivity index (χ0v) is 16.1. The highest BCUT2D eigenvalue weighted by atomic mass is 15.3. The summed E-state index contributed by atoms with van der Waals surface area (Å²) >= 11 is 0. The van der Waals surface area contributed by atoms with Crippen LogP contribution in [0.25, 0.3) is 0 Å². The Balaban J connectivity index is 2.36. The quantitative estimate of drug-likeness (QED) is 0.0915. The summed E-state index contributed by atoms with van der Waals surface area (Å²) in [5.74, 6) is 0.110. The standard InChI is InChI=1S/C16H26N12/c1-21-15(19)27(10-17)5-3-23-8-13-7-14(26-12-25-13)9-24-4-6-28(11-18)16(20)22-2/h7,12,23-24H,3-6,8-9H2,1-2H3,(H2,19,21)(H2,20,22). The molecule has 1 rings (SSSR count). The van der Waals surface area contributed by atoms with E-state index in [0.717, 1.165) is 11.4 Å². The molecule has 0 atom stereocenters. The summed E-state index contributed by atoms with van der Waals surface area (Å²) in [7, 11) is 3.19. The molecule has 0 amide bonds. The first-order valence-corrected chi connectivity index (χ1v) is 8.64. The van der Waals surface area contributed by atoms with Gasteiger partial charge in [0.25, 0.3) is 0 Å². The smallest absolute Gasteiger partial charge is 0.204 e. The molecule has 0 spiro atoms. The first kappa shape index (κ1) is 22.6. The number of nitrogens with zero attached hydrogens (tertiary/aromatic N) is 6. The summed E-state index contributed by atoms with van der Waals surface area (Å²) in [5.41, 5.74) is 1.63. The molecule has 0 saturated carbocycles. The Kier molecular flexibility index (Phi) is 10.3. The fraction of sp³-hybridized carbons (Fsp3) is 0.500. The van der Waals surface area contributed by atoms with E-state index in [2.05, 4.69) is 31.2 Å². The molecule has 0 radical (unpaired) electrons. The number of guanidine groups is 2. The summed E-state index contributed by atoms with van der Waals surface area (Å²) in [6.07, 6.45) is 5.38. The molecule has 0 fully saturated rings. The molecule has 0 aliphatic carbocycles. The molecule has 0 aliphatic rings. The number of hydrogen-bond donors (Lipinski definition) is 6. The fourth-order valence-corrected chi connectivity index (χ4v) is 2.15. The van der Waals surface area contributed by atoms with Crippen LogP contribution in [0.15, 0.2) is 12.4 Å². The van der Waals surface area contributed by atoms with E-state index in [9.17, 15) is 0 Å². The first-order chi connectivity index (χ1) is 13.5. The van der Waals surface area contributed by atoms with Crippen molar-refractivity contribution in [1.29, 1.82) is 21.3 Å². The molecule has 1 heterocycles. The molecular weight excluding hydrogens is 360 g/mol. The number of nitrogens with one attached hydrogen (secondary N) is 6. The average Bonchev–Trinajstić information content (AvgIpc) is 2.73. The second-order valence-electron chi connectivity index (χ2n) is 5.55. The zero-order chi connectivity index (χ0) is 20.8. The molecule has 0 aromatic carbocycles. The molecule has 0 aliphatic heterocycles. The van der Waals surface area contributed by atoms with Crippen molar-refractivity contribution < 1.29 is 0 Å². The van der Waals surface area contributed by atoms with Crippen LogP contribution in [-0.2, 0) is 13.1 Å². The van der Waals surface area contributed by atoms with Crippen molar-refractivity contribution in [2.45, 2.75) is 13.1 Å². The largest absolute Gasteiger partial charge is 0.359 e. The van der Waals surface area contributed by atoms with Crippen molar-refractivity contribution >= 4 is 11.9 Å². The molecule has 1 aromatic heterocycles. The van der Waals surface area contributed by atoms with Crippen LogP contribution in [0.5, 0.6) is 0 Å². The number of aromatic nitrogens is 2. The second-order valence-corrected chi connectivity index (χ2v) is 5.55. The van der Waals surface area contributed by atoms with E-state index in [0.29, 0.717) is 39.3 Å². The molecule has 0 unspecified atom stereocenters. The maximum Gasteiger partial charge on any atom is 0.204 e. The Hall–Kier alpha value is -3.48.